The lowest BCUT2D eigenvalue weighted by atomic mass is 9.84. The Labute approximate surface area is 134 Å². The van der Waals surface area contributed by atoms with Crippen LogP contribution in [0.15, 0.2) is 18.2 Å². The molecular formula is C16H23FN2O4. The van der Waals surface area contributed by atoms with Gasteiger partial charge < -0.3 is 20.9 Å². The minimum atomic E-state index is -1.01. The number of carbonyl (C=O) groups is 2. The van der Waals surface area contributed by atoms with E-state index in [1.54, 1.807) is 26.8 Å². The highest BCUT2D eigenvalue weighted by atomic mass is 19.1. The molecule has 0 aliphatic heterocycles. The van der Waals surface area contributed by atoms with E-state index in [2.05, 4.69) is 5.32 Å². The normalized spacial score (nSPS) is 14.0. The van der Waals surface area contributed by atoms with Gasteiger partial charge in [-0.3, -0.25) is 4.79 Å². The number of halogens is 1. The Bertz CT molecular complexity index is 584. The Morgan fingerprint density at radius 2 is 2.00 bits per heavy atom. The third kappa shape index (κ3) is 5.21. The van der Waals surface area contributed by atoms with Crippen molar-refractivity contribution >= 4 is 12.0 Å². The Morgan fingerprint density at radius 3 is 2.43 bits per heavy atom. The number of benzene rings is 1. The fourth-order valence-electron chi connectivity index (χ4n) is 2.16. The van der Waals surface area contributed by atoms with Crippen molar-refractivity contribution in [3.63, 3.8) is 0 Å². The van der Waals surface area contributed by atoms with Crippen LogP contribution in [-0.2, 0) is 11.2 Å². The largest absolute Gasteiger partial charge is 0.443 e. The number of carbonyl (C=O) groups excluding carboxylic acids is 2. The summed E-state index contributed by atoms with van der Waals surface area (Å²) in [4.78, 5) is 22.5. The van der Waals surface area contributed by atoms with Crippen LogP contribution in [0.25, 0.3) is 0 Å². The zero-order valence-electron chi connectivity index (χ0n) is 13.7. The second kappa shape index (κ2) is 7.41. The van der Waals surface area contributed by atoms with Gasteiger partial charge in [0.15, 0.2) is 0 Å². The number of primary amides is 1. The van der Waals surface area contributed by atoms with E-state index in [0.29, 0.717) is 5.56 Å². The van der Waals surface area contributed by atoms with E-state index in [1.165, 1.54) is 19.2 Å². The van der Waals surface area contributed by atoms with Crippen molar-refractivity contribution < 1.29 is 23.8 Å². The molecule has 1 aromatic rings. The minimum Gasteiger partial charge on any atom is -0.443 e. The van der Waals surface area contributed by atoms with E-state index >= 15 is 0 Å². The predicted octanol–water partition coefficient (Wildman–Crippen LogP) is 1.60. The van der Waals surface area contributed by atoms with Gasteiger partial charge in [0.25, 0.3) is 5.91 Å². The van der Waals surface area contributed by atoms with Crippen LogP contribution in [0, 0.1) is 11.2 Å². The van der Waals surface area contributed by atoms with Gasteiger partial charge in [-0.05, 0) is 23.1 Å². The van der Waals surface area contributed by atoms with Crippen molar-refractivity contribution in [3.8, 4) is 0 Å². The summed E-state index contributed by atoms with van der Waals surface area (Å²) in [5.74, 6) is -1.22. The van der Waals surface area contributed by atoms with Crippen LogP contribution < -0.4 is 11.1 Å². The Morgan fingerprint density at radius 1 is 1.39 bits per heavy atom. The first-order valence-corrected chi connectivity index (χ1v) is 7.21. The average molecular weight is 326 g/mol. The van der Waals surface area contributed by atoms with Crippen molar-refractivity contribution in [2.75, 3.05) is 7.05 Å². The van der Waals surface area contributed by atoms with E-state index in [0.717, 1.165) is 0 Å². The smallest absolute Gasteiger partial charge is 0.404 e. The number of amides is 2. The lowest BCUT2D eigenvalue weighted by molar-refractivity contribution is -0.0484. The molecule has 0 fully saturated rings. The summed E-state index contributed by atoms with van der Waals surface area (Å²) < 4.78 is 18.9. The highest BCUT2D eigenvalue weighted by Gasteiger charge is 2.33. The van der Waals surface area contributed by atoms with Gasteiger partial charge in [-0.25, -0.2) is 9.18 Å². The molecule has 128 valence electrons. The SMILES string of the molecule is CNC(=O)c1ccc(C[C@H](OC(N)=O)C(O)C(C)(C)C)cc1F. The zero-order valence-corrected chi connectivity index (χ0v) is 13.7. The topological polar surface area (TPSA) is 102 Å². The van der Waals surface area contributed by atoms with E-state index in [-0.39, 0.29) is 12.0 Å². The molecule has 0 spiro atoms. The number of aliphatic hydroxyl groups excluding tert-OH is 1. The standard InChI is InChI=1S/C16H23FN2O4/c1-16(2,3)13(20)12(23-15(18)22)8-9-5-6-10(11(17)7-9)14(21)19-4/h5-7,12-13,20H,8H2,1-4H3,(H2,18,22)(H,19,21)/t12-,13?/m0/s1. The first-order valence-electron chi connectivity index (χ1n) is 7.21. The molecule has 0 saturated carbocycles. The highest BCUT2D eigenvalue weighted by Crippen LogP contribution is 2.26. The highest BCUT2D eigenvalue weighted by molar-refractivity contribution is 5.94. The molecule has 4 N–H and O–H groups in total. The summed E-state index contributed by atoms with van der Waals surface area (Å²) in [6, 6.07) is 4.06. The molecule has 1 unspecified atom stereocenters. The Balaban J connectivity index is 3.02. The molecule has 1 aromatic carbocycles. The summed E-state index contributed by atoms with van der Waals surface area (Å²) in [5, 5.41) is 12.7. The molecular weight excluding hydrogens is 303 g/mol. The van der Waals surface area contributed by atoms with Crippen LogP contribution in [0.4, 0.5) is 9.18 Å². The van der Waals surface area contributed by atoms with E-state index in [4.69, 9.17) is 10.5 Å². The van der Waals surface area contributed by atoms with Crippen molar-refractivity contribution in [2.45, 2.75) is 39.4 Å². The van der Waals surface area contributed by atoms with Crippen molar-refractivity contribution in [1.82, 2.24) is 5.32 Å². The summed E-state index contributed by atoms with van der Waals surface area (Å²) in [7, 11) is 1.41. The van der Waals surface area contributed by atoms with Gasteiger partial charge in [0.2, 0.25) is 0 Å². The average Bonchev–Trinajstić information content (AvgIpc) is 2.43. The van der Waals surface area contributed by atoms with Gasteiger partial charge in [0.1, 0.15) is 11.9 Å². The second-order valence-corrected chi connectivity index (χ2v) is 6.38. The monoisotopic (exact) mass is 326 g/mol. The molecule has 0 bridgehead atoms. The van der Waals surface area contributed by atoms with Crippen molar-refractivity contribution in [1.29, 1.82) is 0 Å². The van der Waals surface area contributed by atoms with E-state index in [9.17, 15) is 19.1 Å². The molecule has 0 heterocycles. The Hall–Kier alpha value is -2.15. The van der Waals surface area contributed by atoms with Gasteiger partial charge in [-0.1, -0.05) is 26.8 Å². The van der Waals surface area contributed by atoms with Crippen molar-refractivity contribution in [3.05, 3.63) is 35.1 Å². The minimum absolute atomic E-state index is 0.0757. The Kier molecular flexibility index (Phi) is 6.09. The van der Waals surface area contributed by atoms with Gasteiger partial charge >= 0.3 is 6.09 Å². The molecule has 2 amide bonds. The fourth-order valence-corrected chi connectivity index (χ4v) is 2.16. The fraction of sp³-hybridized carbons (Fsp3) is 0.500. The molecule has 0 aliphatic carbocycles. The zero-order chi connectivity index (χ0) is 17.8. The maximum Gasteiger partial charge on any atom is 0.404 e. The molecule has 1 rings (SSSR count). The first kappa shape index (κ1) is 18.9. The molecule has 0 aliphatic rings. The number of nitrogens with two attached hydrogens (primary N) is 1. The molecule has 6 nitrogen and oxygen atoms in total. The van der Waals surface area contributed by atoms with Crippen LogP contribution in [0.1, 0.15) is 36.7 Å². The maximum atomic E-state index is 14.0. The first-order chi connectivity index (χ1) is 10.6. The van der Waals surface area contributed by atoms with Gasteiger partial charge in [-0.15, -0.1) is 0 Å². The third-order valence-corrected chi connectivity index (χ3v) is 3.45. The summed E-state index contributed by atoms with van der Waals surface area (Å²) in [6.45, 7) is 5.35. The van der Waals surface area contributed by atoms with Crippen LogP contribution in [0.3, 0.4) is 0 Å². The lowest BCUT2D eigenvalue weighted by Gasteiger charge is -2.32. The number of ether oxygens (including phenoxy) is 1. The maximum absolute atomic E-state index is 14.0. The van der Waals surface area contributed by atoms with Gasteiger partial charge in [0.05, 0.1) is 11.7 Å². The lowest BCUT2D eigenvalue weighted by Crippen LogP contribution is -2.42. The predicted molar refractivity (Wildman–Crippen MR) is 83.4 cm³/mol. The third-order valence-electron chi connectivity index (χ3n) is 3.45. The number of hydrogen-bond acceptors (Lipinski definition) is 4. The number of rotatable bonds is 5. The van der Waals surface area contributed by atoms with Crippen LogP contribution in [0.2, 0.25) is 0 Å². The molecule has 0 aromatic heterocycles. The molecule has 23 heavy (non-hydrogen) atoms. The van der Waals surface area contributed by atoms with Crippen LogP contribution in [-0.4, -0.2) is 36.4 Å². The van der Waals surface area contributed by atoms with Crippen LogP contribution >= 0.6 is 0 Å². The summed E-state index contributed by atoms with van der Waals surface area (Å²) in [5.41, 5.74) is 4.88. The van der Waals surface area contributed by atoms with Gasteiger partial charge in [0, 0.05) is 13.5 Å². The molecule has 0 radical (unpaired) electrons. The molecule has 2 atom stereocenters. The second-order valence-electron chi connectivity index (χ2n) is 6.38. The summed E-state index contributed by atoms with van der Waals surface area (Å²) in [6.07, 6.45) is -2.85. The number of nitrogens with one attached hydrogen (secondary N) is 1. The van der Waals surface area contributed by atoms with Crippen molar-refractivity contribution in [2.24, 2.45) is 11.1 Å². The van der Waals surface area contributed by atoms with Crippen LogP contribution in [0.5, 0.6) is 0 Å². The van der Waals surface area contributed by atoms with Gasteiger partial charge in [-0.2, -0.15) is 0 Å². The quantitative estimate of drug-likeness (QED) is 0.765. The number of hydrogen-bond donors (Lipinski definition) is 3. The molecule has 0 saturated heterocycles. The van der Waals surface area contributed by atoms with E-state index in [1.807, 2.05) is 0 Å². The summed E-state index contributed by atoms with van der Waals surface area (Å²) >= 11 is 0. The van der Waals surface area contributed by atoms with E-state index < -0.39 is 35.4 Å². The molecule has 7 heteroatoms. The number of aliphatic hydroxyl groups is 1.